The van der Waals surface area contributed by atoms with Crippen molar-refractivity contribution >= 4 is 27.9 Å². The Labute approximate surface area is 201 Å². The molecule has 8 heteroatoms. The van der Waals surface area contributed by atoms with Gasteiger partial charge in [0.15, 0.2) is 5.76 Å². The predicted molar refractivity (Wildman–Crippen MR) is 127 cm³/mol. The molecule has 7 nitrogen and oxygen atoms in total. The Kier molecular flexibility index (Phi) is 9.50. The minimum Gasteiger partial charge on any atom is -0.471 e. The van der Waals surface area contributed by atoms with E-state index in [2.05, 4.69) is 21.1 Å². The fourth-order valence-electron chi connectivity index (χ4n) is 3.29. The highest BCUT2D eigenvalue weighted by Gasteiger charge is 2.37. The van der Waals surface area contributed by atoms with Gasteiger partial charge in [-0.15, -0.1) is 0 Å². The van der Waals surface area contributed by atoms with Crippen LogP contribution in [0.4, 0.5) is 4.79 Å². The quantitative estimate of drug-likeness (QED) is 0.367. The van der Waals surface area contributed by atoms with Crippen molar-refractivity contribution in [2.24, 2.45) is 0 Å². The maximum Gasteiger partial charge on any atom is 0.416 e. The first kappa shape index (κ1) is 24.5. The minimum atomic E-state index is -0.505. The lowest BCUT2D eigenvalue weighted by Gasteiger charge is -2.19. The number of ether oxygens (including phenoxy) is 2. The molecule has 174 valence electrons. The zero-order chi connectivity index (χ0) is 23.5. The molecule has 0 aliphatic carbocycles. The topological polar surface area (TPSA) is 81.9 Å². The van der Waals surface area contributed by atoms with E-state index in [-0.39, 0.29) is 11.9 Å². The first-order valence-electron chi connectivity index (χ1n) is 10.8. The lowest BCUT2D eigenvalue weighted by molar-refractivity contribution is -0.129. The van der Waals surface area contributed by atoms with E-state index >= 15 is 0 Å². The third-order valence-electron chi connectivity index (χ3n) is 4.91. The summed E-state index contributed by atoms with van der Waals surface area (Å²) in [6.07, 6.45) is 1.28. The lowest BCUT2D eigenvalue weighted by Crippen LogP contribution is -2.40. The van der Waals surface area contributed by atoms with Crippen LogP contribution in [-0.4, -0.2) is 34.7 Å². The van der Waals surface area contributed by atoms with E-state index in [4.69, 9.17) is 14.0 Å². The number of hydrogen-bond donors (Lipinski definition) is 0. The Morgan fingerprint density at radius 1 is 1.12 bits per heavy atom. The summed E-state index contributed by atoms with van der Waals surface area (Å²) in [7, 11) is 0. The normalized spacial score (nSPS) is 14.9. The van der Waals surface area contributed by atoms with Gasteiger partial charge in [-0.2, -0.15) is 0 Å². The number of hydrogen-bond acceptors (Lipinski definition) is 6. The van der Waals surface area contributed by atoms with Gasteiger partial charge >= 0.3 is 6.09 Å². The lowest BCUT2D eigenvalue weighted by atomic mass is 10.1. The van der Waals surface area contributed by atoms with Gasteiger partial charge in [-0.05, 0) is 29.1 Å². The molecular weight excluding hydrogens is 488 g/mol. The molecule has 2 amide bonds. The van der Waals surface area contributed by atoms with Gasteiger partial charge in [0.25, 0.3) is 5.88 Å². The van der Waals surface area contributed by atoms with Gasteiger partial charge in [0, 0.05) is 12.5 Å². The second-order valence-corrected chi connectivity index (χ2v) is 8.03. The van der Waals surface area contributed by atoms with Crippen LogP contribution in [0.5, 0.6) is 5.88 Å². The smallest absolute Gasteiger partial charge is 0.416 e. The van der Waals surface area contributed by atoms with Crippen LogP contribution in [0.25, 0.3) is 0 Å². The third-order valence-corrected chi connectivity index (χ3v) is 5.46. The molecule has 1 atom stereocenters. The molecular formula is C25H27BrN2O5. The number of rotatable bonds is 8. The number of carbonyl (C=O) groups excluding carboxylic acids is 2. The van der Waals surface area contributed by atoms with Gasteiger partial charge in [-0.3, -0.25) is 4.79 Å². The average Bonchev–Trinajstić information content (AvgIpc) is 3.46. The largest absolute Gasteiger partial charge is 0.471 e. The Hall–Kier alpha value is -3.13. The van der Waals surface area contributed by atoms with Crippen LogP contribution in [0.2, 0.25) is 0 Å². The summed E-state index contributed by atoms with van der Waals surface area (Å²) in [5.74, 6) is 1.15. The van der Waals surface area contributed by atoms with Crippen molar-refractivity contribution in [2.45, 2.75) is 44.2 Å². The summed E-state index contributed by atoms with van der Waals surface area (Å²) < 4.78 is 15.4. The molecule has 0 N–H and O–H groups in total. The summed E-state index contributed by atoms with van der Waals surface area (Å²) in [5, 5.41) is 4.42. The molecule has 1 fully saturated rings. The zero-order valence-corrected chi connectivity index (χ0v) is 20.1. The summed E-state index contributed by atoms with van der Waals surface area (Å²) in [4.78, 5) is 24.7. The van der Waals surface area contributed by atoms with Crippen molar-refractivity contribution in [3.63, 3.8) is 0 Å². The fraction of sp³-hybridized carbons (Fsp3) is 0.320. The van der Waals surface area contributed by atoms with Gasteiger partial charge in [0.05, 0.1) is 11.4 Å². The first-order valence-corrected chi connectivity index (χ1v) is 11.9. The first-order chi connectivity index (χ1) is 16.1. The second kappa shape index (κ2) is 12.8. The van der Waals surface area contributed by atoms with Gasteiger partial charge in [-0.1, -0.05) is 83.5 Å². The van der Waals surface area contributed by atoms with Gasteiger partial charge < -0.3 is 14.0 Å². The molecule has 1 aliphatic rings. The Bertz CT molecular complexity index is 1010. The number of halogens is 1. The van der Waals surface area contributed by atoms with Crippen molar-refractivity contribution in [2.75, 3.05) is 6.61 Å². The molecule has 2 heterocycles. The summed E-state index contributed by atoms with van der Waals surface area (Å²) in [6, 6.07) is 21.4. The molecule has 1 aromatic heterocycles. The summed E-state index contributed by atoms with van der Waals surface area (Å²) in [6.45, 7) is 2.73. The maximum atomic E-state index is 11.9. The van der Waals surface area contributed by atoms with E-state index in [1.165, 1.54) is 4.90 Å². The van der Waals surface area contributed by atoms with Crippen molar-refractivity contribution in [3.8, 4) is 5.88 Å². The fourth-order valence-corrected chi connectivity index (χ4v) is 3.56. The number of alkyl halides is 1. The van der Waals surface area contributed by atoms with Crippen LogP contribution < -0.4 is 4.74 Å². The third kappa shape index (κ3) is 7.46. The number of nitrogens with zero attached hydrogens (tertiary/aromatic N) is 2. The number of amides is 2. The minimum absolute atomic E-state index is 0.138. The predicted octanol–water partition coefficient (Wildman–Crippen LogP) is 5.53. The van der Waals surface area contributed by atoms with E-state index in [0.29, 0.717) is 37.3 Å². The summed E-state index contributed by atoms with van der Waals surface area (Å²) in [5.41, 5.74) is 2.22. The molecule has 0 radical (unpaired) electrons. The number of cyclic esters (lactones) is 1. The van der Waals surface area contributed by atoms with Crippen molar-refractivity contribution < 1.29 is 23.6 Å². The molecule has 3 aromatic rings. The van der Waals surface area contributed by atoms with Gasteiger partial charge in [0.1, 0.15) is 13.2 Å². The number of carbonyl (C=O) groups is 2. The number of imide groups is 1. The van der Waals surface area contributed by atoms with Crippen LogP contribution >= 0.6 is 15.9 Å². The highest BCUT2D eigenvalue weighted by atomic mass is 79.9. The van der Waals surface area contributed by atoms with Crippen molar-refractivity contribution in [1.29, 1.82) is 0 Å². The molecule has 0 saturated carbocycles. The van der Waals surface area contributed by atoms with E-state index in [1.54, 1.807) is 6.07 Å². The van der Waals surface area contributed by atoms with Crippen molar-refractivity contribution in [3.05, 3.63) is 83.6 Å². The summed E-state index contributed by atoms with van der Waals surface area (Å²) >= 11 is 3.28. The van der Waals surface area contributed by atoms with Crippen LogP contribution in [0.3, 0.4) is 0 Å². The zero-order valence-electron chi connectivity index (χ0n) is 18.5. The van der Waals surface area contributed by atoms with Crippen LogP contribution in [0.1, 0.15) is 36.7 Å². The van der Waals surface area contributed by atoms with Gasteiger partial charge in [-0.25, -0.2) is 9.69 Å². The van der Waals surface area contributed by atoms with E-state index in [9.17, 15) is 9.59 Å². The molecule has 2 aromatic carbocycles. The Balaban J connectivity index is 0.000000189. The van der Waals surface area contributed by atoms with E-state index in [0.717, 1.165) is 23.3 Å². The highest BCUT2D eigenvalue weighted by Crippen LogP contribution is 2.19. The monoisotopic (exact) mass is 514 g/mol. The highest BCUT2D eigenvalue weighted by molar-refractivity contribution is 9.08. The van der Waals surface area contributed by atoms with Crippen LogP contribution in [-0.2, 0) is 27.9 Å². The Morgan fingerprint density at radius 2 is 1.79 bits per heavy atom. The molecule has 1 aliphatic heterocycles. The molecule has 33 heavy (non-hydrogen) atoms. The second-order valence-electron chi connectivity index (χ2n) is 7.47. The van der Waals surface area contributed by atoms with Crippen LogP contribution in [0.15, 0.2) is 71.3 Å². The standard InChI is InChI=1S/C14H17NO3.C11H10BrNO2/c1-2-6-13(16)15-12(10-18-14(15)17)9-11-7-4-3-5-8-11;12-7-10-6-11(13-15-10)14-8-9-4-2-1-3-5-9/h3-5,7-8,12H,2,6,9-10H2,1H3;1-6H,7-8H2/t12-;/m0./s1. The molecule has 0 unspecified atom stereocenters. The van der Waals surface area contributed by atoms with Crippen LogP contribution in [0, 0.1) is 0 Å². The van der Waals surface area contributed by atoms with Crippen molar-refractivity contribution in [1.82, 2.24) is 10.1 Å². The Morgan fingerprint density at radius 3 is 2.39 bits per heavy atom. The number of benzene rings is 2. The molecule has 0 spiro atoms. The maximum absolute atomic E-state index is 11.9. The SMILES string of the molecule is BrCc1cc(OCc2ccccc2)no1.CCCC(=O)N1C(=O)OC[C@@H]1Cc1ccccc1. The molecule has 0 bridgehead atoms. The molecule has 1 saturated heterocycles. The number of aromatic nitrogens is 1. The van der Waals surface area contributed by atoms with Gasteiger partial charge in [0.2, 0.25) is 5.91 Å². The van der Waals surface area contributed by atoms with E-state index in [1.807, 2.05) is 67.6 Å². The van der Waals surface area contributed by atoms with E-state index < -0.39 is 6.09 Å². The molecule has 4 rings (SSSR count). The average molecular weight is 515 g/mol.